The smallest absolute Gasteiger partial charge is 0.233 e. The molecule has 0 saturated carbocycles. The molecule has 0 heterocycles. The largest absolute Gasteiger partial charge is 0.496 e. The molecule has 7 heteroatoms. The number of benzene rings is 2. The van der Waals surface area contributed by atoms with Gasteiger partial charge in [-0.3, -0.25) is 9.59 Å². The second kappa shape index (κ2) is 8.05. The van der Waals surface area contributed by atoms with E-state index >= 15 is 0 Å². The molecule has 5 nitrogen and oxygen atoms in total. The van der Waals surface area contributed by atoms with Gasteiger partial charge in [0.05, 0.1) is 7.11 Å². The highest BCUT2D eigenvalue weighted by Crippen LogP contribution is 2.17. The van der Waals surface area contributed by atoms with Crippen LogP contribution in [0.2, 0.25) is 0 Å². The van der Waals surface area contributed by atoms with Gasteiger partial charge in [-0.1, -0.05) is 18.2 Å². The molecule has 2 rings (SSSR count). The molecule has 0 saturated heterocycles. The molecule has 0 aliphatic rings. The first-order valence-corrected chi connectivity index (χ1v) is 7.13. The minimum absolute atomic E-state index is 0.0800. The minimum Gasteiger partial charge on any atom is -0.496 e. The second-order valence-corrected chi connectivity index (χ2v) is 4.94. The molecule has 0 radical (unpaired) electrons. The number of hydrogen-bond acceptors (Lipinski definition) is 3. The van der Waals surface area contributed by atoms with E-state index in [1.807, 2.05) is 0 Å². The summed E-state index contributed by atoms with van der Waals surface area (Å²) in [7, 11) is 1.52. The van der Waals surface area contributed by atoms with Crippen molar-refractivity contribution in [1.29, 1.82) is 0 Å². The Morgan fingerprint density at radius 1 is 1.04 bits per heavy atom. The number of methoxy groups -OCH3 is 1. The third-order valence-electron chi connectivity index (χ3n) is 3.19. The number of anilines is 1. The van der Waals surface area contributed by atoms with Crippen LogP contribution in [-0.2, 0) is 16.1 Å². The Hall–Kier alpha value is -2.96. The normalized spacial score (nSPS) is 10.1. The van der Waals surface area contributed by atoms with E-state index in [1.165, 1.54) is 13.2 Å². The first kappa shape index (κ1) is 17.4. The molecule has 0 aromatic heterocycles. The predicted octanol–water partition coefficient (Wildman–Crippen LogP) is 2.62. The van der Waals surface area contributed by atoms with Gasteiger partial charge in [-0.25, -0.2) is 8.78 Å². The molecule has 24 heavy (non-hydrogen) atoms. The number of rotatable bonds is 6. The molecule has 0 spiro atoms. The van der Waals surface area contributed by atoms with Crippen molar-refractivity contribution in [3.63, 3.8) is 0 Å². The Labute approximate surface area is 137 Å². The van der Waals surface area contributed by atoms with Crippen molar-refractivity contribution in [1.82, 2.24) is 5.32 Å². The van der Waals surface area contributed by atoms with Gasteiger partial charge in [0.1, 0.15) is 12.2 Å². The first-order chi connectivity index (χ1) is 11.5. The maximum atomic E-state index is 13.1. The summed E-state index contributed by atoms with van der Waals surface area (Å²) in [5.41, 5.74) is 0.853. The number of ether oxygens (including phenoxy) is 1. The molecule has 2 aromatic rings. The second-order valence-electron chi connectivity index (χ2n) is 4.94. The predicted molar refractivity (Wildman–Crippen MR) is 84.4 cm³/mol. The van der Waals surface area contributed by atoms with Crippen LogP contribution in [0.25, 0.3) is 0 Å². The van der Waals surface area contributed by atoms with Crippen molar-refractivity contribution in [3.8, 4) is 5.75 Å². The van der Waals surface area contributed by atoms with Crippen molar-refractivity contribution >= 4 is 17.5 Å². The lowest BCUT2D eigenvalue weighted by Crippen LogP contribution is -2.27. The van der Waals surface area contributed by atoms with Gasteiger partial charge in [-0.15, -0.1) is 0 Å². The fraction of sp³-hybridized carbons (Fsp3) is 0.176. The number of amides is 2. The number of nitrogens with one attached hydrogen (secondary N) is 2. The lowest BCUT2D eigenvalue weighted by molar-refractivity contribution is -0.126. The summed E-state index contributed by atoms with van der Waals surface area (Å²) >= 11 is 0. The van der Waals surface area contributed by atoms with E-state index in [1.54, 1.807) is 24.3 Å². The number of hydrogen-bond donors (Lipinski definition) is 2. The Morgan fingerprint density at radius 2 is 1.79 bits per heavy atom. The topological polar surface area (TPSA) is 67.4 Å². The zero-order valence-corrected chi connectivity index (χ0v) is 12.9. The van der Waals surface area contributed by atoms with Gasteiger partial charge in [0.15, 0.2) is 11.6 Å². The Balaban J connectivity index is 1.85. The summed E-state index contributed by atoms with van der Waals surface area (Å²) in [4.78, 5) is 23.5. The molecule has 0 fully saturated rings. The van der Waals surface area contributed by atoms with E-state index in [2.05, 4.69) is 10.6 Å². The average molecular weight is 334 g/mol. The van der Waals surface area contributed by atoms with Crippen LogP contribution in [0.5, 0.6) is 5.75 Å². The number of halogens is 2. The third kappa shape index (κ3) is 4.77. The van der Waals surface area contributed by atoms with Gasteiger partial charge in [-0.2, -0.15) is 0 Å². The van der Waals surface area contributed by atoms with E-state index in [9.17, 15) is 18.4 Å². The summed E-state index contributed by atoms with van der Waals surface area (Å²) in [6, 6.07) is 10.1. The van der Waals surface area contributed by atoms with Crippen LogP contribution in [-0.4, -0.2) is 18.9 Å². The van der Waals surface area contributed by atoms with Gasteiger partial charge in [0.25, 0.3) is 0 Å². The van der Waals surface area contributed by atoms with Gasteiger partial charge in [0.2, 0.25) is 11.8 Å². The van der Waals surface area contributed by atoms with Crippen molar-refractivity contribution in [2.24, 2.45) is 0 Å². The highest BCUT2D eigenvalue weighted by Gasteiger charge is 2.11. The van der Waals surface area contributed by atoms with Crippen molar-refractivity contribution < 1.29 is 23.1 Å². The molecular formula is C17H16F2N2O3. The first-order valence-electron chi connectivity index (χ1n) is 7.13. The van der Waals surface area contributed by atoms with Crippen LogP contribution in [0, 0.1) is 11.6 Å². The van der Waals surface area contributed by atoms with Crippen molar-refractivity contribution in [3.05, 3.63) is 59.7 Å². The van der Waals surface area contributed by atoms with Crippen molar-refractivity contribution in [2.45, 2.75) is 13.0 Å². The molecule has 2 N–H and O–H groups in total. The highest BCUT2D eigenvalue weighted by molar-refractivity contribution is 6.03. The Morgan fingerprint density at radius 3 is 2.50 bits per heavy atom. The molecule has 0 unspecified atom stereocenters. The van der Waals surface area contributed by atoms with Crippen LogP contribution < -0.4 is 15.4 Å². The number of carbonyl (C=O) groups is 2. The van der Waals surface area contributed by atoms with E-state index in [0.29, 0.717) is 5.75 Å². The fourth-order valence-electron chi connectivity index (χ4n) is 2.03. The van der Waals surface area contributed by atoms with Crippen molar-refractivity contribution in [2.75, 3.05) is 12.4 Å². The Bertz CT molecular complexity index is 750. The van der Waals surface area contributed by atoms with E-state index in [0.717, 1.165) is 17.7 Å². The average Bonchev–Trinajstić information content (AvgIpc) is 2.56. The van der Waals surface area contributed by atoms with Gasteiger partial charge in [-0.05, 0) is 18.2 Å². The molecule has 0 aliphatic heterocycles. The maximum absolute atomic E-state index is 13.1. The van der Waals surface area contributed by atoms with Crippen LogP contribution in [0.4, 0.5) is 14.5 Å². The monoisotopic (exact) mass is 334 g/mol. The molecule has 2 amide bonds. The van der Waals surface area contributed by atoms with Crippen LogP contribution >= 0.6 is 0 Å². The third-order valence-corrected chi connectivity index (χ3v) is 3.19. The minimum atomic E-state index is -1.08. The zero-order valence-electron chi connectivity index (χ0n) is 12.9. The molecule has 0 atom stereocenters. The molecule has 0 aliphatic carbocycles. The number of para-hydroxylation sites is 1. The van der Waals surface area contributed by atoms with Crippen LogP contribution in [0.3, 0.4) is 0 Å². The van der Waals surface area contributed by atoms with Gasteiger partial charge >= 0.3 is 0 Å². The molecule has 0 bridgehead atoms. The summed E-state index contributed by atoms with van der Waals surface area (Å²) < 4.78 is 31.0. The van der Waals surface area contributed by atoms with Crippen LogP contribution in [0.1, 0.15) is 12.0 Å². The molecular weight excluding hydrogens is 318 g/mol. The Kier molecular flexibility index (Phi) is 5.83. The van der Waals surface area contributed by atoms with E-state index in [4.69, 9.17) is 4.74 Å². The van der Waals surface area contributed by atoms with Gasteiger partial charge in [0, 0.05) is 23.9 Å². The SMILES string of the molecule is COc1ccccc1CNC(=O)CC(=O)Nc1ccc(F)c(F)c1. The maximum Gasteiger partial charge on any atom is 0.233 e. The lowest BCUT2D eigenvalue weighted by atomic mass is 10.2. The fourth-order valence-corrected chi connectivity index (χ4v) is 2.03. The number of carbonyl (C=O) groups excluding carboxylic acids is 2. The highest BCUT2D eigenvalue weighted by atomic mass is 19.2. The van der Waals surface area contributed by atoms with Gasteiger partial charge < -0.3 is 15.4 Å². The lowest BCUT2D eigenvalue weighted by Gasteiger charge is -2.10. The summed E-state index contributed by atoms with van der Waals surface area (Å²) in [6.45, 7) is 0.210. The van der Waals surface area contributed by atoms with E-state index < -0.39 is 29.9 Å². The summed E-state index contributed by atoms with van der Waals surface area (Å²) in [5, 5.41) is 4.93. The zero-order chi connectivity index (χ0) is 17.5. The standard InChI is InChI=1S/C17H16F2N2O3/c1-24-15-5-3-2-4-11(15)10-20-16(22)9-17(23)21-12-6-7-13(18)14(19)8-12/h2-8H,9-10H2,1H3,(H,20,22)(H,21,23). The molecule has 2 aromatic carbocycles. The van der Waals surface area contributed by atoms with Crippen LogP contribution in [0.15, 0.2) is 42.5 Å². The van der Waals surface area contributed by atoms with E-state index in [-0.39, 0.29) is 12.2 Å². The quantitative estimate of drug-likeness (QED) is 0.798. The summed E-state index contributed by atoms with van der Waals surface area (Å²) in [5.74, 6) is -2.58. The summed E-state index contributed by atoms with van der Waals surface area (Å²) in [6.07, 6.45) is -0.436. The molecule has 126 valence electrons.